The van der Waals surface area contributed by atoms with Crippen molar-refractivity contribution in [3.8, 4) is 5.75 Å². The number of anilines is 1. The Morgan fingerprint density at radius 2 is 1.94 bits per heavy atom. The van der Waals surface area contributed by atoms with E-state index in [4.69, 9.17) is 16.2 Å². The molecule has 2 rings (SSSR count). The van der Waals surface area contributed by atoms with Crippen LogP contribution in [0.2, 0.25) is 0 Å². The first-order valence-electron chi connectivity index (χ1n) is 5.38. The van der Waals surface area contributed by atoms with Crippen LogP contribution in [-0.4, -0.2) is 10.9 Å². The van der Waals surface area contributed by atoms with Crippen molar-refractivity contribution in [3.63, 3.8) is 0 Å². The maximum Gasteiger partial charge on any atom is 0.267 e. The lowest BCUT2D eigenvalue weighted by molar-refractivity contribution is 0.0995. The highest BCUT2D eigenvalue weighted by Gasteiger charge is 2.03. The van der Waals surface area contributed by atoms with E-state index in [1.54, 1.807) is 18.2 Å². The third-order valence-electron chi connectivity index (χ3n) is 2.37. The molecule has 92 valence electrons. The monoisotopic (exact) mass is 243 g/mol. The van der Waals surface area contributed by atoms with E-state index < -0.39 is 5.91 Å². The molecule has 1 aromatic heterocycles. The molecule has 2 aromatic rings. The van der Waals surface area contributed by atoms with E-state index in [2.05, 4.69) is 4.98 Å². The molecule has 0 spiro atoms. The highest BCUT2D eigenvalue weighted by molar-refractivity contribution is 5.91. The number of nitrogens with two attached hydrogens (primary N) is 2. The average Bonchev–Trinajstić information content (AvgIpc) is 2.38. The molecule has 18 heavy (non-hydrogen) atoms. The highest BCUT2D eigenvalue weighted by atomic mass is 16.5. The van der Waals surface area contributed by atoms with E-state index in [-0.39, 0.29) is 5.69 Å². The number of primary amides is 1. The number of carbonyl (C=O) groups is 1. The number of nitrogen functional groups attached to an aromatic ring is 1. The zero-order valence-electron chi connectivity index (χ0n) is 9.67. The summed E-state index contributed by atoms with van der Waals surface area (Å²) >= 11 is 0. The van der Waals surface area contributed by atoms with E-state index in [0.29, 0.717) is 18.0 Å². The summed E-state index contributed by atoms with van der Waals surface area (Å²) < 4.78 is 5.53. The zero-order valence-corrected chi connectivity index (χ0v) is 9.67. The van der Waals surface area contributed by atoms with E-state index in [9.17, 15) is 4.79 Å². The van der Waals surface area contributed by atoms with Crippen LogP contribution in [0.15, 0.2) is 42.6 Å². The Balaban J connectivity index is 2.04. The molecule has 0 radical (unpaired) electrons. The number of carbonyl (C=O) groups excluding carboxylic acids is 1. The standard InChI is InChI=1S/C13H13N3O2/c14-10-3-1-9(2-4-10)8-18-11-5-6-16-12(7-11)13(15)17/h1-7H,8,14H2,(H2,15,17). The molecule has 0 saturated heterocycles. The van der Waals surface area contributed by atoms with Gasteiger partial charge in [0.15, 0.2) is 0 Å². The van der Waals surface area contributed by atoms with Crippen LogP contribution in [0.1, 0.15) is 16.1 Å². The first-order valence-corrected chi connectivity index (χ1v) is 5.38. The van der Waals surface area contributed by atoms with Crippen molar-refractivity contribution < 1.29 is 9.53 Å². The van der Waals surface area contributed by atoms with Gasteiger partial charge in [-0.15, -0.1) is 0 Å². The lowest BCUT2D eigenvalue weighted by Crippen LogP contribution is -2.12. The summed E-state index contributed by atoms with van der Waals surface area (Å²) in [5.74, 6) is -0.0245. The minimum Gasteiger partial charge on any atom is -0.489 e. The molecule has 0 bridgehead atoms. The van der Waals surface area contributed by atoms with E-state index in [1.165, 1.54) is 12.3 Å². The SMILES string of the molecule is NC(=O)c1cc(OCc2ccc(N)cc2)ccn1. The van der Waals surface area contributed by atoms with Crippen LogP contribution in [0.25, 0.3) is 0 Å². The molecule has 0 unspecified atom stereocenters. The molecule has 0 aliphatic rings. The van der Waals surface area contributed by atoms with Gasteiger partial charge >= 0.3 is 0 Å². The molecule has 1 aromatic carbocycles. The Labute approximate surface area is 104 Å². The summed E-state index contributed by atoms with van der Waals surface area (Å²) in [6.07, 6.45) is 1.48. The lowest BCUT2D eigenvalue weighted by atomic mass is 10.2. The number of pyridine rings is 1. The van der Waals surface area contributed by atoms with E-state index >= 15 is 0 Å². The minimum absolute atomic E-state index is 0.185. The first-order chi connectivity index (χ1) is 8.65. The molecule has 5 heteroatoms. The molecule has 1 amide bonds. The predicted molar refractivity (Wildman–Crippen MR) is 67.9 cm³/mol. The van der Waals surface area contributed by atoms with Gasteiger partial charge in [0, 0.05) is 18.0 Å². The van der Waals surface area contributed by atoms with Crippen molar-refractivity contribution in [2.24, 2.45) is 5.73 Å². The number of benzene rings is 1. The minimum atomic E-state index is -0.576. The van der Waals surface area contributed by atoms with E-state index in [1.807, 2.05) is 12.1 Å². The summed E-state index contributed by atoms with van der Waals surface area (Å²) in [5, 5.41) is 0. The first kappa shape index (κ1) is 11.9. The van der Waals surface area contributed by atoms with Gasteiger partial charge in [0.1, 0.15) is 18.1 Å². The molecular formula is C13H13N3O2. The molecule has 0 aliphatic heterocycles. The molecule has 0 aliphatic carbocycles. The van der Waals surface area contributed by atoms with Gasteiger partial charge in [-0.25, -0.2) is 0 Å². The number of hydrogen-bond donors (Lipinski definition) is 2. The summed E-state index contributed by atoms with van der Waals surface area (Å²) in [4.78, 5) is 14.8. The van der Waals surface area contributed by atoms with Gasteiger partial charge < -0.3 is 16.2 Å². The Bertz CT molecular complexity index is 552. The summed E-state index contributed by atoms with van der Waals surface area (Å²) in [5.41, 5.74) is 12.6. The van der Waals surface area contributed by atoms with Crippen molar-refractivity contribution in [3.05, 3.63) is 53.9 Å². The zero-order chi connectivity index (χ0) is 13.0. The summed E-state index contributed by atoms with van der Waals surface area (Å²) in [6, 6.07) is 10.6. The summed E-state index contributed by atoms with van der Waals surface area (Å²) in [6.45, 7) is 0.391. The Kier molecular flexibility index (Phi) is 3.43. The second kappa shape index (κ2) is 5.18. The van der Waals surface area contributed by atoms with Gasteiger partial charge in [-0.1, -0.05) is 12.1 Å². The number of nitrogens with zero attached hydrogens (tertiary/aromatic N) is 1. The van der Waals surface area contributed by atoms with Crippen LogP contribution in [0.3, 0.4) is 0 Å². The third kappa shape index (κ3) is 2.98. The van der Waals surface area contributed by atoms with Crippen molar-refractivity contribution in [1.29, 1.82) is 0 Å². The Morgan fingerprint density at radius 3 is 2.61 bits per heavy atom. The number of hydrogen-bond acceptors (Lipinski definition) is 4. The molecule has 0 fully saturated rings. The fourth-order valence-electron chi connectivity index (χ4n) is 1.42. The molecule has 0 atom stereocenters. The smallest absolute Gasteiger partial charge is 0.267 e. The van der Waals surface area contributed by atoms with Gasteiger partial charge in [-0.05, 0) is 23.8 Å². The molecule has 4 N–H and O–H groups in total. The van der Waals surface area contributed by atoms with Gasteiger partial charge in [0.2, 0.25) is 0 Å². The fourth-order valence-corrected chi connectivity index (χ4v) is 1.42. The van der Waals surface area contributed by atoms with Gasteiger partial charge in [-0.3, -0.25) is 9.78 Å². The number of aromatic nitrogens is 1. The fraction of sp³-hybridized carbons (Fsp3) is 0.0769. The van der Waals surface area contributed by atoms with Gasteiger partial charge in [-0.2, -0.15) is 0 Å². The Morgan fingerprint density at radius 1 is 1.22 bits per heavy atom. The van der Waals surface area contributed by atoms with E-state index in [0.717, 1.165) is 5.56 Å². The predicted octanol–water partition coefficient (Wildman–Crippen LogP) is 1.34. The highest BCUT2D eigenvalue weighted by Crippen LogP contribution is 2.14. The topological polar surface area (TPSA) is 91.2 Å². The largest absolute Gasteiger partial charge is 0.489 e. The van der Waals surface area contributed by atoms with Crippen LogP contribution in [0.4, 0.5) is 5.69 Å². The quantitative estimate of drug-likeness (QED) is 0.793. The number of amides is 1. The van der Waals surface area contributed by atoms with Crippen molar-refractivity contribution in [2.75, 3.05) is 5.73 Å². The summed E-state index contributed by atoms with van der Waals surface area (Å²) in [7, 11) is 0. The Hall–Kier alpha value is -2.56. The lowest BCUT2D eigenvalue weighted by Gasteiger charge is -2.07. The maximum atomic E-state index is 11.0. The normalized spacial score (nSPS) is 10.0. The second-order valence-corrected chi connectivity index (χ2v) is 3.77. The number of ether oxygens (including phenoxy) is 1. The van der Waals surface area contributed by atoms with Crippen LogP contribution in [0, 0.1) is 0 Å². The molecule has 5 nitrogen and oxygen atoms in total. The molecule has 0 saturated carbocycles. The molecule has 1 heterocycles. The average molecular weight is 243 g/mol. The van der Waals surface area contributed by atoms with Crippen LogP contribution in [-0.2, 0) is 6.61 Å². The second-order valence-electron chi connectivity index (χ2n) is 3.77. The van der Waals surface area contributed by atoms with Crippen molar-refractivity contribution in [1.82, 2.24) is 4.98 Å². The van der Waals surface area contributed by atoms with Gasteiger partial charge in [0.05, 0.1) is 0 Å². The van der Waals surface area contributed by atoms with Gasteiger partial charge in [0.25, 0.3) is 5.91 Å². The number of rotatable bonds is 4. The molecular weight excluding hydrogens is 230 g/mol. The maximum absolute atomic E-state index is 11.0. The third-order valence-corrected chi connectivity index (χ3v) is 2.37. The van der Waals surface area contributed by atoms with Crippen LogP contribution >= 0.6 is 0 Å². The van der Waals surface area contributed by atoms with Crippen molar-refractivity contribution in [2.45, 2.75) is 6.61 Å². The van der Waals surface area contributed by atoms with Crippen molar-refractivity contribution >= 4 is 11.6 Å². The van der Waals surface area contributed by atoms with Crippen LogP contribution < -0.4 is 16.2 Å². The van der Waals surface area contributed by atoms with Crippen LogP contribution in [0.5, 0.6) is 5.75 Å².